The molecule has 0 radical (unpaired) electrons. The molecule has 114 valence electrons. The number of ether oxygens (including phenoxy) is 1. The predicted octanol–water partition coefficient (Wildman–Crippen LogP) is 1.98. The van der Waals surface area contributed by atoms with Gasteiger partial charge in [0.15, 0.2) is 0 Å². The van der Waals surface area contributed by atoms with Gasteiger partial charge in [0.1, 0.15) is 0 Å². The van der Waals surface area contributed by atoms with Gasteiger partial charge in [0.25, 0.3) is 0 Å². The first-order chi connectivity index (χ1) is 8.72. The minimum atomic E-state index is 0. The molecule has 0 heterocycles. The number of amides is 1. The molecule has 0 aromatic carbocycles. The Hall–Kier alpha value is -0.320. The molecule has 1 aliphatic rings. The summed E-state index contributed by atoms with van der Waals surface area (Å²) in [6.45, 7) is 4.92. The summed E-state index contributed by atoms with van der Waals surface area (Å²) in [5, 5.41) is 6.02. The Morgan fingerprint density at radius 2 is 2.11 bits per heavy atom. The van der Waals surface area contributed by atoms with Gasteiger partial charge in [-0.2, -0.15) is 0 Å². The van der Waals surface area contributed by atoms with Crippen molar-refractivity contribution in [1.29, 1.82) is 0 Å². The fourth-order valence-electron chi connectivity index (χ4n) is 2.68. The Bertz CT molecular complexity index is 239. The molecule has 0 aromatic rings. The van der Waals surface area contributed by atoms with E-state index in [0.29, 0.717) is 13.2 Å². The van der Waals surface area contributed by atoms with Gasteiger partial charge in [0, 0.05) is 20.2 Å². The van der Waals surface area contributed by atoms with E-state index in [1.807, 2.05) is 0 Å². The van der Waals surface area contributed by atoms with Crippen LogP contribution in [-0.4, -0.2) is 39.3 Å². The molecule has 0 aliphatic heterocycles. The van der Waals surface area contributed by atoms with Crippen molar-refractivity contribution in [2.24, 2.45) is 11.8 Å². The van der Waals surface area contributed by atoms with Crippen LogP contribution < -0.4 is 10.6 Å². The summed E-state index contributed by atoms with van der Waals surface area (Å²) < 4.78 is 4.90. The molecule has 1 fully saturated rings. The maximum atomic E-state index is 11.5. The van der Waals surface area contributed by atoms with Crippen LogP contribution in [0.4, 0.5) is 0 Å². The molecule has 1 saturated carbocycles. The van der Waals surface area contributed by atoms with Gasteiger partial charge in [0.2, 0.25) is 5.91 Å². The number of hydrogen-bond acceptors (Lipinski definition) is 3. The van der Waals surface area contributed by atoms with E-state index < -0.39 is 0 Å². The minimum Gasteiger partial charge on any atom is -0.383 e. The molecule has 0 bridgehead atoms. The van der Waals surface area contributed by atoms with Crippen LogP contribution >= 0.6 is 12.4 Å². The van der Waals surface area contributed by atoms with Crippen LogP contribution in [0.2, 0.25) is 0 Å². The predicted molar refractivity (Wildman–Crippen MR) is 80.7 cm³/mol. The summed E-state index contributed by atoms with van der Waals surface area (Å²) >= 11 is 0. The van der Waals surface area contributed by atoms with Crippen molar-refractivity contribution in [3.05, 3.63) is 0 Å². The highest BCUT2D eigenvalue weighted by molar-refractivity contribution is 5.85. The molecule has 1 amide bonds. The molecule has 2 unspecified atom stereocenters. The van der Waals surface area contributed by atoms with E-state index in [4.69, 9.17) is 4.74 Å². The lowest BCUT2D eigenvalue weighted by molar-refractivity contribution is -0.120. The highest BCUT2D eigenvalue weighted by atomic mass is 35.5. The second-order valence-corrected chi connectivity index (χ2v) is 5.45. The number of methoxy groups -OCH3 is 1. The fraction of sp³-hybridized carbons (Fsp3) is 0.929. The molecule has 0 saturated heterocycles. The monoisotopic (exact) mass is 292 g/mol. The van der Waals surface area contributed by atoms with Crippen molar-refractivity contribution in [1.82, 2.24) is 10.6 Å². The van der Waals surface area contributed by atoms with E-state index in [-0.39, 0.29) is 18.3 Å². The van der Waals surface area contributed by atoms with Crippen LogP contribution in [0.1, 0.15) is 39.0 Å². The van der Waals surface area contributed by atoms with E-state index in [0.717, 1.165) is 31.3 Å². The van der Waals surface area contributed by atoms with Gasteiger partial charge in [0.05, 0.1) is 13.2 Å². The topological polar surface area (TPSA) is 50.4 Å². The Morgan fingerprint density at radius 3 is 2.79 bits per heavy atom. The van der Waals surface area contributed by atoms with Crippen molar-refractivity contribution in [2.45, 2.75) is 39.0 Å². The number of halogens is 1. The zero-order valence-corrected chi connectivity index (χ0v) is 13.1. The Labute approximate surface area is 123 Å². The second-order valence-electron chi connectivity index (χ2n) is 5.45. The van der Waals surface area contributed by atoms with Crippen molar-refractivity contribution in [3.8, 4) is 0 Å². The number of carbonyl (C=O) groups is 1. The Kier molecular flexibility index (Phi) is 11.3. The van der Waals surface area contributed by atoms with E-state index in [9.17, 15) is 4.79 Å². The zero-order chi connectivity index (χ0) is 13.2. The van der Waals surface area contributed by atoms with Crippen molar-refractivity contribution in [3.63, 3.8) is 0 Å². The van der Waals surface area contributed by atoms with Crippen LogP contribution in [0.3, 0.4) is 0 Å². The lowest BCUT2D eigenvalue weighted by Crippen LogP contribution is -2.36. The Morgan fingerprint density at radius 1 is 1.32 bits per heavy atom. The van der Waals surface area contributed by atoms with Gasteiger partial charge < -0.3 is 15.4 Å². The summed E-state index contributed by atoms with van der Waals surface area (Å²) in [5.74, 6) is 1.78. The SMILES string of the molecule is COCCNCC(=O)NCCC1CCCC(C)C1.Cl. The van der Waals surface area contributed by atoms with E-state index in [2.05, 4.69) is 17.6 Å². The maximum Gasteiger partial charge on any atom is 0.233 e. The number of nitrogens with one attached hydrogen (secondary N) is 2. The van der Waals surface area contributed by atoms with Crippen molar-refractivity contribution < 1.29 is 9.53 Å². The number of hydrogen-bond donors (Lipinski definition) is 2. The molecule has 4 nitrogen and oxygen atoms in total. The van der Waals surface area contributed by atoms with Crippen LogP contribution in [0.15, 0.2) is 0 Å². The summed E-state index contributed by atoms with van der Waals surface area (Å²) in [4.78, 5) is 11.5. The van der Waals surface area contributed by atoms with Gasteiger partial charge in [-0.25, -0.2) is 0 Å². The normalized spacial score (nSPS) is 22.6. The molecular weight excluding hydrogens is 264 g/mol. The molecule has 0 spiro atoms. The molecular formula is C14H29ClN2O2. The summed E-state index contributed by atoms with van der Waals surface area (Å²) in [6.07, 6.45) is 6.55. The van der Waals surface area contributed by atoms with Gasteiger partial charge in [-0.15, -0.1) is 12.4 Å². The largest absolute Gasteiger partial charge is 0.383 e. The molecule has 0 aromatic heterocycles. The van der Waals surface area contributed by atoms with Gasteiger partial charge in [-0.05, 0) is 24.7 Å². The van der Waals surface area contributed by atoms with Gasteiger partial charge >= 0.3 is 0 Å². The first-order valence-corrected chi connectivity index (χ1v) is 7.18. The summed E-state index contributed by atoms with van der Waals surface area (Å²) in [5.41, 5.74) is 0. The average Bonchev–Trinajstić information content (AvgIpc) is 2.35. The average molecular weight is 293 g/mol. The summed E-state index contributed by atoms with van der Waals surface area (Å²) in [7, 11) is 1.66. The maximum absolute atomic E-state index is 11.5. The quantitative estimate of drug-likeness (QED) is 0.673. The highest BCUT2D eigenvalue weighted by Gasteiger charge is 2.18. The molecule has 2 N–H and O–H groups in total. The van der Waals surface area contributed by atoms with Gasteiger partial charge in [-0.3, -0.25) is 4.79 Å². The fourth-order valence-corrected chi connectivity index (χ4v) is 2.68. The van der Waals surface area contributed by atoms with Crippen LogP contribution in [-0.2, 0) is 9.53 Å². The van der Waals surface area contributed by atoms with Crippen molar-refractivity contribution >= 4 is 18.3 Å². The third-order valence-electron chi connectivity index (χ3n) is 3.69. The molecule has 1 aliphatic carbocycles. The lowest BCUT2D eigenvalue weighted by atomic mass is 9.81. The molecule has 5 heteroatoms. The third-order valence-corrected chi connectivity index (χ3v) is 3.69. The molecule has 19 heavy (non-hydrogen) atoms. The van der Waals surface area contributed by atoms with E-state index >= 15 is 0 Å². The van der Waals surface area contributed by atoms with Crippen LogP contribution in [0, 0.1) is 11.8 Å². The molecule has 1 rings (SSSR count). The number of carbonyl (C=O) groups excluding carboxylic acids is 1. The minimum absolute atomic E-state index is 0. The lowest BCUT2D eigenvalue weighted by Gasteiger charge is -2.26. The first kappa shape index (κ1) is 18.7. The third kappa shape index (κ3) is 9.25. The van der Waals surface area contributed by atoms with Gasteiger partial charge in [-0.1, -0.05) is 26.2 Å². The standard InChI is InChI=1S/C14H28N2O2.ClH/c1-12-4-3-5-13(10-12)6-7-16-14(17)11-15-8-9-18-2;/h12-13,15H,3-11H2,1-2H3,(H,16,17);1H. The van der Waals surface area contributed by atoms with Crippen LogP contribution in [0.5, 0.6) is 0 Å². The smallest absolute Gasteiger partial charge is 0.233 e. The highest BCUT2D eigenvalue weighted by Crippen LogP contribution is 2.30. The van der Waals surface area contributed by atoms with Crippen molar-refractivity contribution in [2.75, 3.05) is 33.4 Å². The first-order valence-electron chi connectivity index (χ1n) is 7.18. The summed E-state index contributed by atoms with van der Waals surface area (Å²) in [6, 6.07) is 0. The van der Waals surface area contributed by atoms with E-state index in [1.165, 1.54) is 25.7 Å². The Balaban J connectivity index is 0.00000324. The number of rotatable bonds is 8. The van der Waals surface area contributed by atoms with Crippen LogP contribution in [0.25, 0.3) is 0 Å². The van der Waals surface area contributed by atoms with E-state index in [1.54, 1.807) is 7.11 Å². The zero-order valence-electron chi connectivity index (χ0n) is 12.2. The second kappa shape index (κ2) is 11.5. The molecule has 2 atom stereocenters.